The van der Waals surface area contributed by atoms with Crippen LogP contribution in [0.15, 0.2) is 52.3 Å². The molecule has 3 aliphatic rings. The lowest BCUT2D eigenvalue weighted by atomic mass is 10.0. The molecular weight excluding hydrogens is 543 g/mol. The van der Waals surface area contributed by atoms with E-state index in [-0.39, 0.29) is 47.8 Å². The predicted octanol–water partition coefficient (Wildman–Crippen LogP) is 2.23. The van der Waals surface area contributed by atoms with E-state index in [4.69, 9.17) is 15.2 Å². The molecule has 14 heteroatoms. The van der Waals surface area contributed by atoms with Gasteiger partial charge in [0.05, 0.1) is 48.4 Å². The van der Waals surface area contributed by atoms with Crippen LogP contribution in [0.3, 0.4) is 0 Å². The summed E-state index contributed by atoms with van der Waals surface area (Å²) in [6.07, 6.45) is 3.32. The topological polar surface area (TPSA) is 126 Å². The summed E-state index contributed by atoms with van der Waals surface area (Å²) in [6.45, 7) is 1.08. The highest BCUT2D eigenvalue weighted by atomic mass is 19.1. The number of methoxy groups -OCH3 is 1. The lowest BCUT2D eigenvalue weighted by Gasteiger charge is -2.41. The standard InChI is InChI=1S/C27H28F3N7O4/c1-32-25(20(9-31)26(38)35-11-18(12-35)40-2)22-8-24(21(30)10-33-22)41-19-13-36(14-19)27(39)37-23(3-4-34-37)15-5-16(28)7-17(29)6-15/h4-10,18-19,23H,3,11-14,31H2,1-2H3/t23-/m0/s1. The Morgan fingerprint density at radius 2 is 1.73 bits per heavy atom. The number of carbonyl (C=O) groups is 2. The van der Waals surface area contributed by atoms with Gasteiger partial charge in [0.25, 0.3) is 5.91 Å². The number of carbonyl (C=O) groups excluding carboxylic acids is 2. The Morgan fingerprint density at radius 3 is 2.37 bits per heavy atom. The van der Waals surface area contributed by atoms with Crippen molar-refractivity contribution in [3.63, 3.8) is 0 Å². The Hall–Kier alpha value is -4.46. The minimum absolute atomic E-state index is 0.0506. The largest absolute Gasteiger partial charge is 0.483 e. The summed E-state index contributed by atoms with van der Waals surface area (Å²) in [5, 5.41) is 5.26. The number of amides is 3. The van der Waals surface area contributed by atoms with Crippen LogP contribution in [-0.2, 0) is 9.53 Å². The molecule has 0 spiro atoms. The van der Waals surface area contributed by atoms with Crippen molar-refractivity contribution in [2.24, 2.45) is 15.8 Å². The fraction of sp³-hybridized carbons (Fsp3) is 0.370. The fourth-order valence-electron chi connectivity index (χ4n) is 4.82. The molecule has 1 aromatic carbocycles. The molecule has 2 fully saturated rings. The number of halogens is 3. The summed E-state index contributed by atoms with van der Waals surface area (Å²) < 4.78 is 53.1. The molecule has 2 N–H and O–H groups in total. The van der Waals surface area contributed by atoms with Crippen LogP contribution in [-0.4, -0.2) is 96.2 Å². The molecule has 1 atom stereocenters. The van der Waals surface area contributed by atoms with Gasteiger partial charge < -0.3 is 25.0 Å². The van der Waals surface area contributed by atoms with E-state index in [9.17, 15) is 22.8 Å². The Kier molecular flexibility index (Phi) is 7.92. The highest BCUT2D eigenvalue weighted by Crippen LogP contribution is 2.32. The molecule has 3 amide bonds. The number of hydrazone groups is 1. The highest BCUT2D eigenvalue weighted by Gasteiger charge is 2.39. The molecule has 3 aliphatic heterocycles. The Balaban J connectivity index is 1.23. The van der Waals surface area contributed by atoms with Crippen molar-refractivity contribution in [1.29, 1.82) is 0 Å². The second kappa shape index (κ2) is 11.6. The van der Waals surface area contributed by atoms with Crippen LogP contribution < -0.4 is 10.5 Å². The summed E-state index contributed by atoms with van der Waals surface area (Å²) in [5.74, 6) is -2.71. The summed E-state index contributed by atoms with van der Waals surface area (Å²) in [5.41, 5.74) is 6.51. The minimum atomic E-state index is -0.745. The maximum Gasteiger partial charge on any atom is 0.341 e. The van der Waals surface area contributed by atoms with Crippen LogP contribution in [0.4, 0.5) is 18.0 Å². The number of rotatable bonds is 7. The van der Waals surface area contributed by atoms with Gasteiger partial charge in [0, 0.05) is 58.2 Å². The first-order valence-corrected chi connectivity index (χ1v) is 12.8. The molecule has 216 valence electrons. The third-order valence-electron chi connectivity index (χ3n) is 7.11. The number of hydrogen-bond acceptors (Lipinski definition) is 8. The van der Waals surface area contributed by atoms with Gasteiger partial charge in [-0.2, -0.15) is 5.10 Å². The van der Waals surface area contributed by atoms with Gasteiger partial charge in [-0.1, -0.05) is 0 Å². The number of nitrogens with two attached hydrogens (primary N) is 1. The van der Waals surface area contributed by atoms with E-state index in [0.29, 0.717) is 25.1 Å². The lowest BCUT2D eigenvalue weighted by molar-refractivity contribution is -0.138. The zero-order valence-electron chi connectivity index (χ0n) is 22.3. The van der Waals surface area contributed by atoms with Gasteiger partial charge in [-0.3, -0.25) is 14.8 Å². The first-order valence-electron chi connectivity index (χ1n) is 12.8. The molecule has 2 aromatic rings. The van der Waals surface area contributed by atoms with Crippen molar-refractivity contribution >= 4 is 23.9 Å². The maximum absolute atomic E-state index is 14.7. The first kappa shape index (κ1) is 28.1. The van der Waals surface area contributed by atoms with Crippen LogP contribution in [0.5, 0.6) is 5.75 Å². The molecule has 2 saturated heterocycles. The summed E-state index contributed by atoms with van der Waals surface area (Å²) >= 11 is 0. The van der Waals surface area contributed by atoms with E-state index in [0.717, 1.165) is 18.5 Å². The number of likely N-dealkylation sites (tertiary alicyclic amines) is 2. The number of ether oxygens (including phenoxy) is 2. The van der Waals surface area contributed by atoms with E-state index in [1.807, 2.05) is 0 Å². The molecule has 0 radical (unpaired) electrons. The number of nitrogens with zero attached hydrogens (tertiary/aromatic N) is 6. The average molecular weight is 572 g/mol. The van der Waals surface area contributed by atoms with Gasteiger partial charge in [-0.05, 0) is 17.7 Å². The molecular formula is C27H28F3N7O4. The summed E-state index contributed by atoms with van der Waals surface area (Å²) in [7, 11) is 3.03. The average Bonchev–Trinajstić information content (AvgIpc) is 3.39. The molecule has 0 bridgehead atoms. The van der Waals surface area contributed by atoms with Crippen molar-refractivity contribution in [2.45, 2.75) is 24.7 Å². The van der Waals surface area contributed by atoms with Crippen molar-refractivity contribution in [2.75, 3.05) is 40.3 Å². The van der Waals surface area contributed by atoms with E-state index in [1.165, 1.54) is 41.4 Å². The lowest BCUT2D eigenvalue weighted by Crippen LogP contribution is -2.58. The molecule has 5 rings (SSSR count). The molecule has 11 nitrogen and oxygen atoms in total. The number of aliphatic imine (C=N–C) groups is 1. The molecule has 41 heavy (non-hydrogen) atoms. The van der Waals surface area contributed by atoms with Crippen molar-refractivity contribution in [1.82, 2.24) is 19.8 Å². The molecule has 0 unspecified atom stereocenters. The van der Waals surface area contributed by atoms with Gasteiger partial charge in [-0.25, -0.2) is 23.0 Å². The van der Waals surface area contributed by atoms with E-state index in [2.05, 4.69) is 15.1 Å². The molecule has 0 saturated carbocycles. The number of urea groups is 1. The van der Waals surface area contributed by atoms with Gasteiger partial charge in [0.2, 0.25) is 0 Å². The molecule has 0 aliphatic carbocycles. The van der Waals surface area contributed by atoms with Gasteiger partial charge >= 0.3 is 6.03 Å². The highest BCUT2D eigenvalue weighted by molar-refractivity contribution is 6.27. The molecule has 1 aromatic heterocycles. The van der Waals surface area contributed by atoms with E-state index >= 15 is 0 Å². The van der Waals surface area contributed by atoms with Gasteiger partial charge in [0.1, 0.15) is 17.7 Å². The van der Waals surface area contributed by atoms with Crippen LogP contribution in [0, 0.1) is 17.5 Å². The number of hydrogen-bond donors (Lipinski definition) is 1. The second-order valence-corrected chi connectivity index (χ2v) is 9.74. The van der Waals surface area contributed by atoms with Gasteiger partial charge in [0.15, 0.2) is 11.6 Å². The van der Waals surface area contributed by atoms with Crippen LogP contribution in [0.2, 0.25) is 0 Å². The SMILES string of the molecule is CN=C(C(=CN)C(=O)N1CC(OC)C1)c1cc(OC2CN(C(=O)N3N=CC[C@H]3c3cc(F)cc(F)c3)C2)c(F)cn1. The Morgan fingerprint density at radius 1 is 1.05 bits per heavy atom. The predicted molar refractivity (Wildman–Crippen MR) is 142 cm³/mol. The summed E-state index contributed by atoms with van der Waals surface area (Å²) in [6, 6.07) is 3.30. The third kappa shape index (κ3) is 5.59. The van der Waals surface area contributed by atoms with E-state index < -0.39 is 35.6 Å². The van der Waals surface area contributed by atoms with E-state index in [1.54, 1.807) is 12.0 Å². The Labute approximate surface area is 233 Å². The maximum atomic E-state index is 14.7. The minimum Gasteiger partial charge on any atom is -0.483 e. The zero-order chi connectivity index (χ0) is 29.3. The third-order valence-corrected chi connectivity index (χ3v) is 7.11. The second-order valence-electron chi connectivity index (χ2n) is 9.74. The first-order chi connectivity index (χ1) is 19.7. The summed E-state index contributed by atoms with van der Waals surface area (Å²) in [4.78, 5) is 37.2. The fourth-order valence-corrected chi connectivity index (χ4v) is 4.82. The number of pyridine rings is 1. The smallest absolute Gasteiger partial charge is 0.341 e. The number of aromatic nitrogens is 1. The quantitative estimate of drug-likeness (QED) is 0.401. The van der Waals surface area contributed by atoms with Crippen molar-refractivity contribution in [3.05, 3.63) is 70.9 Å². The monoisotopic (exact) mass is 571 g/mol. The van der Waals surface area contributed by atoms with Crippen molar-refractivity contribution < 1.29 is 32.2 Å². The molecule has 4 heterocycles. The zero-order valence-corrected chi connectivity index (χ0v) is 22.3. The van der Waals surface area contributed by atoms with Crippen LogP contribution >= 0.6 is 0 Å². The van der Waals surface area contributed by atoms with Crippen LogP contribution in [0.25, 0.3) is 0 Å². The van der Waals surface area contributed by atoms with Crippen LogP contribution in [0.1, 0.15) is 23.7 Å². The van der Waals surface area contributed by atoms with Crippen molar-refractivity contribution in [3.8, 4) is 5.75 Å². The Bertz CT molecular complexity index is 1420. The number of benzene rings is 1. The normalized spacial score (nSPS) is 19.8. The van der Waals surface area contributed by atoms with Gasteiger partial charge in [-0.15, -0.1) is 0 Å².